The highest BCUT2D eigenvalue weighted by molar-refractivity contribution is 7.90. The van der Waals surface area contributed by atoms with E-state index in [-0.39, 0.29) is 6.04 Å². The Kier molecular flexibility index (Phi) is 7.81. The van der Waals surface area contributed by atoms with Crippen molar-refractivity contribution in [3.05, 3.63) is 35.4 Å². The second-order valence-electron chi connectivity index (χ2n) is 7.46. The normalized spacial score (nSPS) is 20.0. The van der Waals surface area contributed by atoms with E-state index in [2.05, 4.69) is 17.7 Å². The lowest BCUT2D eigenvalue weighted by Crippen LogP contribution is -2.43. The minimum Gasteiger partial charge on any atom is -0.337 e. The summed E-state index contributed by atoms with van der Waals surface area (Å²) in [5, 5.41) is 8.87. The molecule has 1 amide bonds. The van der Waals surface area contributed by atoms with Crippen molar-refractivity contribution in [1.29, 1.82) is 5.26 Å². The molecule has 7 heteroatoms. The summed E-state index contributed by atoms with van der Waals surface area (Å²) in [5.41, 5.74) is 1.43. The molecule has 0 atom stereocenters. The summed E-state index contributed by atoms with van der Waals surface area (Å²) in [5.74, 6) is -0.271. The fraction of sp³-hybridized carbons (Fsp3) is 0.600. The third-order valence-electron chi connectivity index (χ3n) is 4.98. The molecule has 2 rings (SSSR count). The minimum absolute atomic E-state index is 0.0582. The first kappa shape index (κ1) is 21.4. The van der Waals surface area contributed by atoms with E-state index in [9.17, 15) is 13.2 Å². The molecule has 1 fully saturated rings. The van der Waals surface area contributed by atoms with Crippen molar-refractivity contribution in [2.45, 2.75) is 58.5 Å². The average Bonchev–Trinajstić information content (AvgIpc) is 2.63. The summed E-state index contributed by atoms with van der Waals surface area (Å²) in [6, 6.07) is 9.00. The molecule has 0 saturated heterocycles. The molecule has 1 aromatic rings. The van der Waals surface area contributed by atoms with Crippen molar-refractivity contribution in [2.24, 2.45) is 5.92 Å². The molecule has 1 N–H and O–H groups in total. The van der Waals surface area contributed by atoms with Gasteiger partial charge >= 0.3 is 0 Å². The number of nitriles is 1. The molecule has 0 unspecified atom stereocenters. The van der Waals surface area contributed by atoms with Gasteiger partial charge in [-0.2, -0.15) is 5.26 Å². The Morgan fingerprint density at radius 2 is 1.85 bits per heavy atom. The van der Waals surface area contributed by atoms with Crippen molar-refractivity contribution in [2.75, 3.05) is 12.3 Å². The maximum absolute atomic E-state index is 12.6. The van der Waals surface area contributed by atoms with Crippen LogP contribution in [0.5, 0.6) is 0 Å². The SMILES string of the molecule is CCCN(Cc1ccc(C#N)cc1)C(=O)CS(=O)(=O)NC1CCC(C)CC1. The highest BCUT2D eigenvalue weighted by atomic mass is 32.2. The van der Waals surface area contributed by atoms with Gasteiger partial charge in [-0.15, -0.1) is 0 Å². The largest absolute Gasteiger partial charge is 0.337 e. The van der Waals surface area contributed by atoms with Crippen molar-refractivity contribution in [1.82, 2.24) is 9.62 Å². The van der Waals surface area contributed by atoms with Gasteiger partial charge < -0.3 is 4.90 Å². The highest BCUT2D eigenvalue weighted by Crippen LogP contribution is 2.23. The number of amides is 1. The molecule has 0 aromatic heterocycles. The molecule has 0 bridgehead atoms. The van der Waals surface area contributed by atoms with Gasteiger partial charge in [0.25, 0.3) is 0 Å². The van der Waals surface area contributed by atoms with Gasteiger partial charge in [-0.1, -0.05) is 26.0 Å². The van der Waals surface area contributed by atoms with Crippen LogP contribution in [0.2, 0.25) is 0 Å². The van der Waals surface area contributed by atoms with Crippen molar-refractivity contribution >= 4 is 15.9 Å². The second-order valence-corrected chi connectivity index (χ2v) is 9.21. The monoisotopic (exact) mass is 391 g/mol. The van der Waals surface area contributed by atoms with Crippen LogP contribution < -0.4 is 4.72 Å². The van der Waals surface area contributed by atoms with E-state index >= 15 is 0 Å². The number of sulfonamides is 1. The van der Waals surface area contributed by atoms with Gasteiger partial charge in [-0.3, -0.25) is 4.79 Å². The molecule has 1 aliphatic rings. The molecule has 0 radical (unpaired) electrons. The fourth-order valence-electron chi connectivity index (χ4n) is 3.39. The van der Waals surface area contributed by atoms with Gasteiger partial charge in [0.2, 0.25) is 15.9 Å². The van der Waals surface area contributed by atoms with Gasteiger partial charge in [0.05, 0.1) is 11.6 Å². The number of nitrogens with zero attached hydrogens (tertiary/aromatic N) is 2. The molecule has 1 saturated carbocycles. The molecule has 6 nitrogen and oxygen atoms in total. The molecular formula is C20H29N3O3S. The van der Waals surface area contributed by atoms with E-state index in [1.54, 1.807) is 29.2 Å². The average molecular weight is 392 g/mol. The van der Waals surface area contributed by atoms with Gasteiger partial charge in [0.15, 0.2) is 0 Å². The summed E-state index contributed by atoms with van der Waals surface area (Å²) in [6.07, 6.45) is 4.44. The van der Waals surface area contributed by atoms with Crippen LogP contribution in [0, 0.1) is 17.2 Å². The Balaban J connectivity index is 1.97. The lowest BCUT2D eigenvalue weighted by molar-refractivity contribution is -0.129. The number of nitrogens with one attached hydrogen (secondary N) is 1. The predicted octanol–water partition coefficient (Wildman–Crippen LogP) is 2.79. The summed E-state index contributed by atoms with van der Waals surface area (Å²) < 4.78 is 27.6. The minimum atomic E-state index is -3.65. The van der Waals surface area contributed by atoms with Gasteiger partial charge in [-0.25, -0.2) is 13.1 Å². The maximum Gasteiger partial charge on any atom is 0.239 e. The number of hydrogen-bond acceptors (Lipinski definition) is 4. The first-order chi connectivity index (χ1) is 12.8. The Morgan fingerprint density at radius 3 is 2.41 bits per heavy atom. The number of hydrogen-bond donors (Lipinski definition) is 1. The van der Waals surface area contributed by atoms with E-state index in [0.29, 0.717) is 24.6 Å². The topological polar surface area (TPSA) is 90.3 Å². The number of benzene rings is 1. The van der Waals surface area contributed by atoms with E-state index in [1.807, 2.05) is 6.92 Å². The van der Waals surface area contributed by atoms with Crippen LogP contribution in [-0.2, 0) is 21.4 Å². The van der Waals surface area contributed by atoms with Crippen LogP contribution >= 0.6 is 0 Å². The predicted molar refractivity (Wildman–Crippen MR) is 105 cm³/mol. The molecule has 0 aliphatic heterocycles. The Labute approximate surface area is 162 Å². The molecule has 148 valence electrons. The zero-order valence-electron chi connectivity index (χ0n) is 16.1. The highest BCUT2D eigenvalue weighted by Gasteiger charge is 2.26. The number of carbonyl (C=O) groups is 1. The van der Waals surface area contributed by atoms with E-state index in [4.69, 9.17) is 5.26 Å². The summed E-state index contributed by atoms with van der Waals surface area (Å²) in [7, 11) is -3.65. The fourth-order valence-corrected chi connectivity index (χ4v) is 4.73. The Bertz CT molecular complexity index is 761. The summed E-state index contributed by atoms with van der Waals surface area (Å²) in [4.78, 5) is 14.2. The molecule has 27 heavy (non-hydrogen) atoms. The number of rotatable bonds is 8. The smallest absolute Gasteiger partial charge is 0.239 e. The van der Waals surface area contributed by atoms with E-state index in [1.165, 1.54) is 0 Å². The molecule has 0 heterocycles. The van der Waals surface area contributed by atoms with Crippen molar-refractivity contribution in [3.63, 3.8) is 0 Å². The van der Waals surface area contributed by atoms with Crippen LogP contribution in [-0.4, -0.2) is 37.6 Å². The standard InChI is InChI=1S/C20H29N3O3S/c1-3-12-23(14-18-8-6-17(13-21)7-9-18)20(24)15-27(25,26)22-19-10-4-16(2)5-11-19/h6-9,16,19,22H,3-5,10-12,14-15H2,1-2H3. The number of carbonyl (C=O) groups excluding carboxylic acids is 1. The van der Waals surface area contributed by atoms with Crippen molar-refractivity contribution in [3.8, 4) is 6.07 Å². The van der Waals surface area contributed by atoms with E-state index in [0.717, 1.165) is 37.7 Å². The molecule has 0 spiro atoms. The summed E-state index contributed by atoms with van der Waals surface area (Å²) >= 11 is 0. The third-order valence-corrected chi connectivity index (χ3v) is 6.30. The second kappa shape index (κ2) is 9.86. The Morgan fingerprint density at radius 1 is 1.22 bits per heavy atom. The van der Waals surface area contributed by atoms with E-state index < -0.39 is 21.7 Å². The lowest BCUT2D eigenvalue weighted by atomic mass is 9.88. The first-order valence-electron chi connectivity index (χ1n) is 9.59. The van der Waals surface area contributed by atoms with Gasteiger partial charge in [-0.05, 0) is 55.7 Å². The van der Waals surface area contributed by atoms with Crippen LogP contribution in [0.4, 0.5) is 0 Å². The van der Waals surface area contributed by atoms with Crippen molar-refractivity contribution < 1.29 is 13.2 Å². The van der Waals surface area contributed by atoms with Crippen LogP contribution in [0.1, 0.15) is 57.1 Å². The summed E-state index contributed by atoms with van der Waals surface area (Å²) in [6.45, 7) is 4.97. The maximum atomic E-state index is 12.6. The van der Waals surface area contributed by atoms with Gasteiger partial charge in [0.1, 0.15) is 5.75 Å². The first-order valence-corrected chi connectivity index (χ1v) is 11.2. The van der Waals surface area contributed by atoms with Crippen LogP contribution in [0.25, 0.3) is 0 Å². The van der Waals surface area contributed by atoms with Crippen LogP contribution in [0.15, 0.2) is 24.3 Å². The van der Waals surface area contributed by atoms with Crippen LogP contribution in [0.3, 0.4) is 0 Å². The zero-order chi connectivity index (χ0) is 19.9. The zero-order valence-corrected chi connectivity index (χ0v) is 17.0. The molecule has 1 aliphatic carbocycles. The Hall–Kier alpha value is -1.91. The van der Waals surface area contributed by atoms with Gasteiger partial charge in [0, 0.05) is 19.1 Å². The quantitative estimate of drug-likeness (QED) is 0.738. The molecular weight excluding hydrogens is 362 g/mol. The lowest BCUT2D eigenvalue weighted by Gasteiger charge is -2.27. The molecule has 1 aromatic carbocycles. The third kappa shape index (κ3) is 6.96.